The molecule has 1 saturated carbocycles. The van der Waals surface area contributed by atoms with E-state index in [2.05, 4.69) is 4.90 Å². The largest absolute Gasteiger partial charge is 0.303 e. The number of nitrogens with zero attached hydrogens (tertiary/aromatic N) is 1. The van der Waals surface area contributed by atoms with Crippen molar-refractivity contribution >= 4 is 5.78 Å². The second-order valence-corrected chi connectivity index (χ2v) is 5.81. The zero-order valence-electron chi connectivity index (χ0n) is 11.1. The van der Waals surface area contributed by atoms with Gasteiger partial charge in [-0.3, -0.25) is 4.79 Å². The number of carbonyl (C=O) groups excluding carboxylic acids is 1. The Bertz CT molecular complexity index is 227. The first kappa shape index (κ1) is 13.1. The zero-order chi connectivity index (χ0) is 11.9. The van der Waals surface area contributed by atoms with Gasteiger partial charge in [-0.1, -0.05) is 19.3 Å². The number of piperidine rings is 1. The van der Waals surface area contributed by atoms with Crippen molar-refractivity contribution in [2.24, 2.45) is 5.92 Å². The van der Waals surface area contributed by atoms with Crippen LogP contribution in [0.5, 0.6) is 0 Å². The summed E-state index contributed by atoms with van der Waals surface area (Å²) >= 11 is 0. The van der Waals surface area contributed by atoms with Crippen molar-refractivity contribution < 1.29 is 4.79 Å². The molecule has 0 radical (unpaired) electrons. The zero-order valence-corrected chi connectivity index (χ0v) is 11.1. The van der Waals surface area contributed by atoms with Gasteiger partial charge in [0.15, 0.2) is 0 Å². The number of hydrogen-bond donors (Lipinski definition) is 0. The van der Waals surface area contributed by atoms with Gasteiger partial charge in [-0.25, -0.2) is 0 Å². The van der Waals surface area contributed by atoms with E-state index >= 15 is 0 Å². The van der Waals surface area contributed by atoms with Gasteiger partial charge in [0.2, 0.25) is 0 Å². The van der Waals surface area contributed by atoms with Gasteiger partial charge in [0.25, 0.3) is 0 Å². The third kappa shape index (κ3) is 4.42. The molecule has 1 aliphatic carbocycles. The summed E-state index contributed by atoms with van der Waals surface area (Å²) in [6.07, 6.45) is 12.3. The lowest BCUT2D eigenvalue weighted by atomic mass is 9.98. The van der Waals surface area contributed by atoms with E-state index in [-0.39, 0.29) is 0 Å². The quantitative estimate of drug-likeness (QED) is 0.660. The summed E-state index contributed by atoms with van der Waals surface area (Å²) < 4.78 is 0. The first-order valence-electron chi connectivity index (χ1n) is 7.61. The van der Waals surface area contributed by atoms with Crippen molar-refractivity contribution in [3.8, 4) is 0 Å². The molecule has 0 bridgehead atoms. The van der Waals surface area contributed by atoms with Gasteiger partial charge in [0.05, 0.1) is 0 Å². The number of unbranched alkanes of at least 4 members (excludes halogenated alkanes) is 1. The van der Waals surface area contributed by atoms with E-state index < -0.39 is 0 Å². The van der Waals surface area contributed by atoms with Crippen LogP contribution >= 0.6 is 0 Å². The Hall–Kier alpha value is -0.370. The van der Waals surface area contributed by atoms with Crippen LogP contribution in [-0.4, -0.2) is 30.3 Å². The van der Waals surface area contributed by atoms with E-state index in [0.29, 0.717) is 11.7 Å². The third-order valence-corrected chi connectivity index (χ3v) is 4.41. The molecule has 0 unspecified atom stereocenters. The summed E-state index contributed by atoms with van der Waals surface area (Å²) in [6, 6.07) is 0. The summed E-state index contributed by atoms with van der Waals surface area (Å²) in [5, 5.41) is 0. The molecular formula is C15H27NO. The minimum absolute atomic E-state index is 0.435. The second kappa shape index (κ2) is 7.15. The fourth-order valence-corrected chi connectivity index (χ4v) is 3.27. The lowest BCUT2D eigenvalue weighted by molar-refractivity contribution is -0.122. The molecule has 0 aromatic rings. The summed E-state index contributed by atoms with van der Waals surface area (Å²) in [5.41, 5.74) is 0. The molecule has 2 aliphatic rings. The van der Waals surface area contributed by atoms with Crippen molar-refractivity contribution in [2.75, 3.05) is 19.6 Å². The molecule has 0 aromatic heterocycles. The number of Topliss-reactive ketones (excluding diaryl/α,β-unsaturated/α-hetero) is 1. The number of likely N-dealkylation sites (tertiary alicyclic amines) is 1. The van der Waals surface area contributed by atoms with Gasteiger partial charge in [-0.05, 0) is 58.2 Å². The standard InChI is InChI=1S/C15H27NO/c17-15(14-8-2-3-9-14)10-4-7-13-16-11-5-1-6-12-16/h14H,1-13H2. The summed E-state index contributed by atoms with van der Waals surface area (Å²) in [6.45, 7) is 3.80. The van der Waals surface area contributed by atoms with Crippen LogP contribution in [0.4, 0.5) is 0 Å². The van der Waals surface area contributed by atoms with E-state index in [1.54, 1.807) is 0 Å². The normalized spacial score (nSPS) is 23.1. The van der Waals surface area contributed by atoms with Gasteiger partial charge >= 0.3 is 0 Å². The Labute approximate surface area is 106 Å². The van der Waals surface area contributed by atoms with Crippen molar-refractivity contribution in [1.29, 1.82) is 0 Å². The molecule has 98 valence electrons. The van der Waals surface area contributed by atoms with Crippen LogP contribution in [0.3, 0.4) is 0 Å². The summed E-state index contributed by atoms with van der Waals surface area (Å²) in [4.78, 5) is 14.5. The van der Waals surface area contributed by atoms with E-state index in [0.717, 1.165) is 12.8 Å². The van der Waals surface area contributed by atoms with Crippen molar-refractivity contribution in [1.82, 2.24) is 4.90 Å². The van der Waals surface area contributed by atoms with Crippen LogP contribution in [0, 0.1) is 5.92 Å². The van der Waals surface area contributed by atoms with Crippen LogP contribution in [-0.2, 0) is 4.79 Å². The average Bonchev–Trinajstić information content (AvgIpc) is 2.89. The van der Waals surface area contributed by atoms with Crippen LogP contribution in [0.2, 0.25) is 0 Å². The fraction of sp³-hybridized carbons (Fsp3) is 0.933. The maximum Gasteiger partial charge on any atom is 0.135 e. The monoisotopic (exact) mass is 237 g/mol. The predicted octanol–water partition coefficient (Wildman–Crippen LogP) is 3.40. The van der Waals surface area contributed by atoms with E-state index in [1.807, 2.05) is 0 Å². The minimum atomic E-state index is 0.435. The molecule has 2 heteroatoms. The molecular weight excluding hydrogens is 210 g/mol. The van der Waals surface area contributed by atoms with Crippen LogP contribution in [0.1, 0.15) is 64.2 Å². The smallest absolute Gasteiger partial charge is 0.135 e. The van der Waals surface area contributed by atoms with Crippen molar-refractivity contribution in [2.45, 2.75) is 64.2 Å². The Morgan fingerprint density at radius 2 is 1.65 bits per heavy atom. The highest BCUT2D eigenvalue weighted by molar-refractivity contribution is 5.81. The number of carbonyl (C=O) groups is 1. The molecule has 0 aromatic carbocycles. The number of ketones is 1. The van der Waals surface area contributed by atoms with Gasteiger partial charge in [0.1, 0.15) is 5.78 Å². The second-order valence-electron chi connectivity index (χ2n) is 5.81. The molecule has 0 spiro atoms. The number of hydrogen-bond acceptors (Lipinski definition) is 2. The molecule has 2 nitrogen and oxygen atoms in total. The van der Waals surface area contributed by atoms with Gasteiger partial charge in [-0.2, -0.15) is 0 Å². The Morgan fingerprint density at radius 1 is 0.941 bits per heavy atom. The average molecular weight is 237 g/mol. The van der Waals surface area contributed by atoms with Gasteiger partial charge in [0, 0.05) is 12.3 Å². The van der Waals surface area contributed by atoms with Crippen LogP contribution in [0.25, 0.3) is 0 Å². The van der Waals surface area contributed by atoms with E-state index in [1.165, 1.54) is 71.0 Å². The lowest BCUT2D eigenvalue weighted by Gasteiger charge is -2.26. The minimum Gasteiger partial charge on any atom is -0.303 e. The van der Waals surface area contributed by atoms with Crippen LogP contribution in [0.15, 0.2) is 0 Å². The lowest BCUT2D eigenvalue weighted by Crippen LogP contribution is -2.30. The maximum absolute atomic E-state index is 11.9. The highest BCUT2D eigenvalue weighted by atomic mass is 16.1. The van der Waals surface area contributed by atoms with Crippen molar-refractivity contribution in [3.05, 3.63) is 0 Å². The molecule has 17 heavy (non-hydrogen) atoms. The Morgan fingerprint density at radius 3 is 2.35 bits per heavy atom. The fourth-order valence-electron chi connectivity index (χ4n) is 3.27. The van der Waals surface area contributed by atoms with Gasteiger partial charge < -0.3 is 4.90 Å². The third-order valence-electron chi connectivity index (χ3n) is 4.41. The summed E-state index contributed by atoms with van der Waals surface area (Å²) in [7, 11) is 0. The topological polar surface area (TPSA) is 20.3 Å². The molecule has 2 rings (SSSR count). The SMILES string of the molecule is O=C(CCCCN1CCCCC1)C1CCCC1. The maximum atomic E-state index is 11.9. The Kier molecular flexibility index (Phi) is 5.50. The van der Waals surface area contributed by atoms with E-state index in [9.17, 15) is 4.79 Å². The van der Waals surface area contributed by atoms with Gasteiger partial charge in [-0.15, -0.1) is 0 Å². The summed E-state index contributed by atoms with van der Waals surface area (Å²) in [5.74, 6) is 0.992. The Balaban J connectivity index is 1.51. The molecule has 0 atom stereocenters. The van der Waals surface area contributed by atoms with Crippen molar-refractivity contribution in [3.63, 3.8) is 0 Å². The van der Waals surface area contributed by atoms with E-state index in [4.69, 9.17) is 0 Å². The first-order valence-corrected chi connectivity index (χ1v) is 7.61. The highest BCUT2D eigenvalue weighted by Crippen LogP contribution is 2.26. The first-order chi connectivity index (χ1) is 8.36. The molecule has 1 aliphatic heterocycles. The molecule has 1 saturated heterocycles. The number of rotatable bonds is 6. The molecule has 0 amide bonds. The van der Waals surface area contributed by atoms with Crippen LogP contribution < -0.4 is 0 Å². The molecule has 2 fully saturated rings. The molecule has 0 N–H and O–H groups in total. The molecule has 1 heterocycles. The predicted molar refractivity (Wildman–Crippen MR) is 71.1 cm³/mol. The highest BCUT2D eigenvalue weighted by Gasteiger charge is 2.21.